The minimum atomic E-state index is -0.382. The first-order chi connectivity index (χ1) is 9.75. The van der Waals surface area contributed by atoms with Gasteiger partial charge in [0.1, 0.15) is 4.60 Å². The van der Waals surface area contributed by atoms with Gasteiger partial charge in [0.25, 0.3) is 0 Å². The number of hydrogen-bond acceptors (Lipinski definition) is 5. The van der Waals surface area contributed by atoms with Gasteiger partial charge < -0.3 is 14.6 Å². The fourth-order valence-electron chi connectivity index (χ4n) is 1.99. The van der Waals surface area contributed by atoms with E-state index in [0.717, 1.165) is 11.2 Å². The van der Waals surface area contributed by atoms with Crippen LogP contribution >= 0.6 is 15.9 Å². The molecule has 1 aliphatic heterocycles. The Morgan fingerprint density at radius 3 is 2.33 bits per heavy atom. The summed E-state index contributed by atoms with van der Waals surface area (Å²) in [7, 11) is 1.51. The van der Waals surface area contributed by atoms with E-state index in [2.05, 4.69) is 31.2 Å². The van der Waals surface area contributed by atoms with Crippen molar-refractivity contribution < 1.29 is 9.31 Å². The van der Waals surface area contributed by atoms with Crippen molar-refractivity contribution in [1.82, 2.24) is 15.3 Å². The van der Waals surface area contributed by atoms with E-state index in [4.69, 9.17) is 9.31 Å². The van der Waals surface area contributed by atoms with Crippen molar-refractivity contribution in [1.29, 1.82) is 0 Å². The van der Waals surface area contributed by atoms with Crippen LogP contribution in [0.2, 0.25) is 0 Å². The van der Waals surface area contributed by atoms with Gasteiger partial charge in [-0.1, -0.05) is 0 Å². The van der Waals surface area contributed by atoms with Gasteiger partial charge in [-0.3, -0.25) is 4.98 Å². The highest BCUT2D eigenvalue weighted by Crippen LogP contribution is 2.38. The summed E-state index contributed by atoms with van der Waals surface area (Å²) < 4.78 is 12.9. The number of likely N-dealkylation sites (N-methyl/N-ethyl adjacent to an activating group) is 1. The number of aromatic nitrogens is 2. The quantitative estimate of drug-likeness (QED) is 0.842. The molecule has 1 aliphatic rings. The third kappa shape index (κ3) is 3.72. The monoisotopic (exact) mass is 353 g/mol. The van der Waals surface area contributed by atoms with Crippen LogP contribution < -0.4 is 5.32 Å². The minimum absolute atomic E-state index is 0.351. The molecule has 1 saturated heterocycles. The van der Waals surface area contributed by atoms with Gasteiger partial charge in [0.15, 0.2) is 0 Å². The molecule has 0 aromatic carbocycles. The molecule has 0 bridgehead atoms. The topological polar surface area (TPSA) is 56.3 Å². The molecule has 0 unspecified atom stereocenters. The largest absolute Gasteiger partial charge is 0.491 e. The number of nitrogens with one attached hydrogen (secondary N) is 1. The maximum Gasteiger partial charge on any atom is 0.491 e. The summed E-state index contributed by atoms with van der Waals surface area (Å²) in [5.74, 6) is 0. The van der Waals surface area contributed by atoms with Crippen LogP contribution in [0.3, 0.4) is 0 Å². The Bertz CT molecular complexity index is 516. The lowest BCUT2D eigenvalue weighted by atomic mass is 9.77. The molecule has 2 rings (SSSR count). The normalized spacial score (nSPS) is 20.9. The van der Waals surface area contributed by atoms with Crippen molar-refractivity contribution in [3.8, 4) is 0 Å². The molecule has 0 spiro atoms. The Morgan fingerprint density at radius 2 is 1.86 bits per heavy atom. The highest BCUT2D eigenvalue weighted by molar-refractivity contribution is 9.10. The summed E-state index contributed by atoms with van der Waals surface area (Å²) in [6.07, 6.45) is 5.34. The summed E-state index contributed by atoms with van der Waals surface area (Å²) in [6.45, 7) is 8.84. The first-order valence-corrected chi connectivity index (χ1v) is 7.73. The first-order valence-electron chi connectivity index (χ1n) is 6.93. The maximum atomic E-state index is 6.09. The number of nitrogens with zero attached hydrogens (tertiary/aromatic N) is 2. The van der Waals surface area contributed by atoms with Crippen molar-refractivity contribution in [3.63, 3.8) is 0 Å². The van der Waals surface area contributed by atoms with Gasteiger partial charge in [-0.25, -0.2) is 4.98 Å². The number of rotatable bonds is 4. The van der Waals surface area contributed by atoms with E-state index in [1.807, 2.05) is 40.8 Å². The minimum Gasteiger partial charge on any atom is -0.400 e. The molecule has 0 atom stereocenters. The molecule has 1 N–H and O–H groups in total. The van der Waals surface area contributed by atoms with Gasteiger partial charge in [0.2, 0.25) is 0 Å². The van der Waals surface area contributed by atoms with Gasteiger partial charge in [0, 0.05) is 6.54 Å². The van der Waals surface area contributed by atoms with Crippen molar-refractivity contribution in [2.75, 3.05) is 13.6 Å². The molecule has 1 fully saturated rings. The lowest BCUT2D eigenvalue weighted by Crippen LogP contribution is -2.41. The zero-order valence-corrected chi connectivity index (χ0v) is 14.7. The molecule has 0 saturated carbocycles. The standard InChI is InChI=1S/C14H21BBrN3O2/c1-13(2)14(3,4)21-15(20-13)10(7-17-5)6-11-8-19-12(16)9-18-11/h6,8-9,17H,7H2,1-5H3. The van der Waals surface area contributed by atoms with Gasteiger partial charge in [-0.05, 0) is 62.2 Å². The lowest BCUT2D eigenvalue weighted by Gasteiger charge is -2.32. The molecule has 5 nitrogen and oxygen atoms in total. The summed E-state index contributed by atoms with van der Waals surface area (Å²) in [5, 5.41) is 3.15. The molecule has 0 radical (unpaired) electrons. The van der Waals surface area contributed by atoms with E-state index < -0.39 is 0 Å². The third-order valence-corrected chi connectivity index (χ3v) is 4.32. The predicted molar refractivity (Wildman–Crippen MR) is 87.7 cm³/mol. The number of halogens is 1. The number of hydrogen-bond donors (Lipinski definition) is 1. The average Bonchev–Trinajstić information content (AvgIpc) is 2.60. The van der Waals surface area contributed by atoms with Crippen LogP contribution in [0.1, 0.15) is 33.4 Å². The van der Waals surface area contributed by atoms with Gasteiger partial charge in [-0.15, -0.1) is 0 Å². The zero-order chi connectivity index (χ0) is 15.7. The van der Waals surface area contributed by atoms with E-state index in [1.54, 1.807) is 12.4 Å². The van der Waals surface area contributed by atoms with Crippen molar-refractivity contribution in [2.45, 2.75) is 38.9 Å². The smallest absolute Gasteiger partial charge is 0.400 e. The second-order valence-corrected chi connectivity index (χ2v) is 6.91. The van der Waals surface area contributed by atoms with Crippen LogP contribution in [-0.4, -0.2) is 41.9 Å². The van der Waals surface area contributed by atoms with Gasteiger partial charge in [-0.2, -0.15) is 0 Å². The van der Waals surface area contributed by atoms with E-state index >= 15 is 0 Å². The Morgan fingerprint density at radius 1 is 1.24 bits per heavy atom. The molecule has 114 valence electrons. The van der Waals surface area contributed by atoms with Crippen LogP contribution in [0.25, 0.3) is 6.08 Å². The van der Waals surface area contributed by atoms with E-state index in [0.29, 0.717) is 11.1 Å². The van der Waals surface area contributed by atoms with Crippen molar-refractivity contribution in [3.05, 3.63) is 28.2 Å². The molecule has 7 heteroatoms. The Hall–Kier alpha value is -0.755. The van der Waals surface area contributed by atoms with E-state index in [9.17, 15) is 0 Å². The maximum absolute atomic E-state index is 6.09. The predicted octanol–water partition coefficient (Wildman–Crippen LogP) is 2.47. The fraction of sp³-hybridized carbons (Fsp3) is 0.571. The van der Waals surface area contributed by atoms with E-state index in [-0.39, 0.29) is 18.3 Å². The third-order valence-electron chi connectivity index (χ3n) is 3.91. The Kier molecular flexibility index (Phi) is 4.87. The summed E-state index contributed by atoms with van der Waals surface area (Å²) in [4.78, 5) is 8.50. The van der Waals surface area contributed by atoms with Crippen LogP contribution in [-0.2, 0) is 9.31 Å². The van der Waals surface area contributed by atoms with Crippen LogP contribution in [0.4, 0.5) is 0 Å². The molecule has 21 heavy (non-hydrogen) atoms. The van der Waals surface area contributed by atoms with Crippen LogP contribution in [0, 0.1) is 0 Å². The molecular formula is C14H21BBrN3O2. The summed E-state index contributed by atoms with van der Waals surface area (Å²) >= 11 is 3.28. The highest BCUT2D eigenvalue weighted by Gasteiger charge is 2.52. The second kappa shape index (κ2) is 6.16. The molecule has 1 aromatic heterocycles. The Labute approximate surface area is 134 Å². The lowest BCUT2D eigenvalue weighted by molar-refractivity contribution is 0.00578. The zero-order valence-electron chi connectivity index (χ0n) is 13.1. The molecule has 0 aliphatic carbocycles. The highest BCUT2D eigenvalue weighted by atomic mass is 79.9. The fourth-order valence-corrected chi connectivity index (χ4v) is 2.19. The summed E-state index contributed by atoms with van der Waals surface area (Å²) in [5.41, 5.74) is 1.07. The average molecular weight is 354 g/mol. The SMILES string of the molecule is CNCC(=Cc1cnc(Br)cn1)B1OC(C)(C)C(C)(C)O1. The Balaban J connectivity index is 2.26. The van der Waals surface area contributed by atoms with E-state index in [1.165, 1.54) is 0 Å². The van der Waals surface area contributed by atoms with Crippen molar-refractivity contribution in [2.24, 2.45) is 0 Å². The summed E-state index contributed by atoms with van der Waals surface area (Å²) in [6, 6.07) is 0. The van der Waals surface area contributed by atoms with Gasteiger partial charge >= 0.3 is 7.12 Å². The molecule has 1 aromatic rings. The first kappa shape index (κ1) is 16.6. The van der Waals surface area contributed by atoms with Crippen LogP contribution in [0.15, 0.2) is 22.5 Å². The van der Waals surface area contributed by atoms with Crippen LogP contribution in [0.5, 0.6) is 0 Å². The molecular weight excluding hydrogens is 333 g/mol. The molecule has 0 amide bonds. The van der Waals surface area contributed by atoms with Crippen molar-refractivity contribution >= 4 is 29.1 Å². The van der Waals surface area contributed by atoms with Gasteiger partial charge in [0.05, 0.1) is 29.3 Å². The molecule has 2 heterocycles. The second-order valence-electron chi connectivity index (χ2n) is 6.10.